The van der Waals surface area contributed by atoms with E-state index in [4.69, 9.17) is 4.84 Å². The Kier molecular flexibility index (Phi) is 3.57. The van der Waals surface area contributed by atoms with Crippen LogP contribution < -0.4 is 0 Å². The van der Waals surface area contributed by atoms with Gasteiger partial charge in [-0.15, -0.1) is 0 Å². The van der Waals surface area contributed by atoms with Crippen LogP contribution in [0.5, 0.6) is 0 Å². The summed E-state index contributed by atoms with van der Waals surface area (Å²) >= 11 is 0. The van der Waals surface area contributed by atoms with Crippen molar-refractivity contribution in [1.29, 1.82) is 0 Å². The van der Waals surface area contributed by atoms with Crippen molar-refractivity contribution in [1.82, 2.24) is 0 Å². The molecule has 1 aromatic carbocycles. The summed E-state index contributed by atoms with van der Waals surface area (Å²) in [6.07, 6.45) is 1.65. The van der Waals surface area contributed by atoms with Crippen LogP contribution in [0.4, 0.5) is 0 Å². The fourth-order valence-electron chi connectivity index (χ4n) is 0.754. The van der Waals surface area contributed by atoms with E-state index >= 15 is 0 Å². The number of hydrogen-bond donors (Lipinski definition) is 0. The molecule has 3 nitrogen and oxygen atoms in total. The van der Waals surface area contributed by atoms with Crippen LogP contribution in [0.25, 0.3) is 0 Å². The Morgan fingerprint density at radius 2 is 2.08 bits per heavy atom. The van der Waals surface area contributed by atoms with Crippen molar-refractivity contribution >= 4 is 12.5 Å². The van der Waals surface area contributed by atoms with Crippen molar-refractivity contribution in [2.75, 3.05) is 0 Å². The second kappa shape index (κ2) is 5.07. The monoisotopic (exact) mass is 163 g/mol. The Morgan fingerprint density at radius 3 is 2.75 bits per heavy atom. The van der Waals surface area contributed by atoms with Crippen LogP contribution in [0, 0.1) is 0 Å². The molecule has 0 N–H and O–H groups in total. The molecule has 0 radical (unpaired) electrons. The van der Waals surface area contributed by atoms with Gasteiger partial charge in [-0.1, -0.05) is 35.5 Å². The summed E-state index contributed by atoms with van der Waals surface area (Å²) in [6.45, 7) is 0.394. The highest BCUT2D eigenvalue weighted by Crippen LogP contribution is 1.99. The van der Waals surface area contributed by atoms with Crippen LogP contribution in [0.1, 0.15) is 5.56 Å². The van der Waals surface area contributed by atoms with E-state index in [0.29, 0.717) is 12.9 Å². The molecule has 0 heterocycles. The summed E-state index contributed by atoms with van der Waals surface area (Å²) in [4.78, 5) is 14.6. The SMILES string of the molecule is O=C/C=N\OCc1ccccc1. The lowest BCUT2D eigenvalue weighted by Gasteiger charge is -1.96. The first-order chi connectivity index (χ1) is 5.93. The van der Waals surface area contributed by atoms with Gasteiger partial charge in [-0.2, -0.15) is 0 Å². The van der Waals surface area contributed by atoms with Gasteiger partial charge in [0.25, 0.3) is 0 Å². The summed E-state index contributed by atoms with van der Waals surface area (Å²) in [6, 6.07) is 9.62. The van der Waals surface area contributed by atoms with Gasteiger partial charge < -0.3 is 4.84 Å². The van der Waals surface area contributed by atoms with E-state index in [9.17, 15) is 4.79 Å². The molecule has 12 heavy (non-hydrogen) atoms. The molecule has 0 aliphatic heterocycles. The minimum absolute atomic E-state index is 0.394. The molecule has 3 heteroatoms. The van der Waals surface area contributed by atoms with Crippen LogP contribution >= 0.6 is 0 Å². The summed E-state index contributed by atoms with van der Waals surface area (Å²) < 4.78 is 0. The molecule has 0 aliphatic rings. The van der Waals surface area contributed by atoms with Gasteiger partial charge in [0.15, 0.2) is 6.29 Å². The third-order valence-electron chi connectivity index (χ3n) is 1.27. The Balaban J connectivity index is 2.33. The van der Waals surface area contributed by atoms with Gasteiger partial charge in [0.05, 0.1) is 0 Å². The molecule has 0 saturated carbocycles. The predicted molar refractivity (Wildman–Crippen MR) is 45.8 cm³/mol. The zero-order valence-corrected chi connectivity index (χ0v) is 6.51. The molecule has 0 amide bonds. The highest BCUT2D eigenvalue weighted by Gasteiger charge is 1.87. The molecular weight excluding hydrogens is 154 g/mol. The fraction of sp³-hybridized carbons (Fsp3) is 0.111. The van der Waals surface area contributed by atoms with E-state index in [2.05, 4.69) is 5.16 Å². The quantitative estimate of drug-likeness (QED) is 0.382. The first kappa shape index (κ1) is 8.46. The first-order valence-corrected chi connectivity index (χ1v) is 3.56. The highest BCUT2D eigenvalue weighted by molar-refractivity contribution is 6.12. The van der Waals surface area contributed by atoms with Crippen LogP contribution in [0.3, 0.4) is 0 Å². The molecule has 0 atom stereocenters. The lowest BCUT2D eigenvalue weighted by atomic mass is 10.2. The van der Waals surface area contributed by atoms with E-state index in [-0.39, 0.29) is 0 Å². The predicted octanol–water partition coefficient (Wildman–Crippen LogP) is 1.39. The molecule has 0 spiro atoms. The van der Waals surface area contributed by atoms with Crippen molar-refractivity contribution in [2.45, 2.75) is 6.61 Å². The zero-order valence-electron chi connectivity index (χ0n) is 6.51. The van der Waals surface area contributed by atoms with E-state index in [0.717, 1.165) is 11.8 Å². The molecule has 0 unspecified atom stereocenters. The first-order valence-electron chi connectivity index (χ1n) is 3.56. The molecule has 0 saturated heterocycles. The Labute approximate surface area is 70.7 Å². The van der Waals surface area contributed by atoms with Crippen LogP contribution in [-0.4, -0.2) is 12.5 Å². The minimum atomic E-state index is 0.394. The lowest BCUT2D eigenvalue weighted by Crippen LogP contribution is -1.86. The maximum atomic E-state index is 9.79. The molecule has 1 rings (SSSR count). The molecule has 0 aliphatic carbocycles. The smallest absolute Gasteiger partial charge is 0.164 e. The van der Waals surface area contributed by atoms with E-state index < -0.39 is 0 Å². The average molecular weight is 163 g/mol. The molecule has 0 bridgehead atoms. The normalized spacial score (nSPS) is 10.0. The summed E-state index contributed by atoms with van der Waals surface area (Å²) in [5.41, 5.74) is 1.03. The molecular formula is C9H9NO2. The van der Waals surface area contributed by atoms with Crippen LogP contribution in [-0.2, 0) is 16.2 Å². The number of rotatable bonds is 4. The minimum Gasteiger partial charge on any atom is -0.391 e. The van der Waals surface area contributed by atoms with Crippen molar-refractivity contribution in [2.24, 2.45) is 5.16 Å². The lowest BCUT2D eigenvalue weighted by molar-refractivity contribution is -0.102. The van der Waals surface area contributed by atoms with Gasteiger partial charge >= 0.3 is 0 Å². The third kappa shape index (κ3) is 2.96. The summed E-state index contributed by atoms with van der Waals surface area (Å²) in [5, 5.41) is 3.39. The number of aldehydes is 1. The van der Waals surface area contributed by atoms with E-state index in [1.807, 2.05) is 30.3 Å². The number of oxime groups is 1. The molecule has 0 fully saturated rings. The third-order valence-corrected chi connectivity index (χ3v) is 1.27. The van der Waals surface area contributed by atoms with Crippen LogP contribution in [0.2, 0.25) is 0 Å². The zero-order chi connectivity index (χ0) is 8.65. The van der Waals surface area contributed by atoms with E-state index in [1.165, 1.54) is 0 Å². The van der Waals surface area contributed by atoms with Crippen LogP contribution in [0.15, 0.2) is 35.5 Å². The summed E-state index contributed by atoms with van der Waals surface area (Å²) in [7, 11) is 0. The van der Waals surface area contributed by atoms with Crippen molar-refractivity contribution < 1.29 is 9.63 Å². The number of carbonyl (C=O) groups is 1. The second-order valence-corrected chi connectivity index (χ2v) is 2.15. The standard InChI is InChI=1S/C9H9NO2/c11-7-6-10-12-8-9-4-2-1-3-5-9/h1-7H,8H2/b10-6-. The highest BCUT2D eigenvalue weighted by atomic mass is 16.6. The maximum absolute atomic E-state index is 9.79. The fourth-order valence-corrected chi connectivity index (χ4v) is 0.754. The Morgan fingerprint density at radius 1 is 1.33 bits per heavy atom. The van der Waals surface area contributed by atoms with Gasteiger partial charge in [0.2, 0.25) is 0 Å². The van der Waals surface area contributed by atoms with Crippen molar-refractivity contribution in [3.05, 3.63) is 35.9 Å². The molecule has 62 valence electrons. The van der Waals surface area contributed by atoms with E-state index in [1.54, 1.807) is 0 Å². The average Bonchev–Trinajstić information content (AvgIpc) is 2.14. The topological polar surface area (TPSA) is 38.7 Å². The van der Waals surface area contributed by atoms with Gasteiger partial charge in [0.1, 0.15) is 12.8 Å². The van der Waals surface area contributed by atoms with Crippen molar-refractivity contribution in [3.63, 3.8) is 0 Å². The Hall–Kier alpha value is -1.64. The van der Waals surface area contributed by atoms with Gasteiger partial charge in [-0.05, 0) is 5.56 Å². The van der Waals surface area contributed by atoms with Crippen molar-refractivity contribution in [3.8, 4) is 0 Å². The Bertz CT molecular complexity index is 256. The largest absolute Gasteiger partial charge is 0.391 e. The molecule has 0 aromatic heterocycles. The second-order valence-electron chi connectivity index (χ2n) is 2.15. The maximum Gasteiger partial charge on any atom is 0.164 e. The molecule has 1 aromatic rings. The number of carbonyl (C=O) groups excluding carboxylic acids is 1. The number of hydrogen-bond acceptors (Lipinski definition) is 3. The number of nitrogens with zero attached hydrogens (tertiary/aromatic N) is 1. The number of benzene rings is 1. The van der Waals surface area contributed by atoms with Gasteiger partial charge in [-0.25, -0.2) is 0 Å². The summed E-state index contributed by atoms with van der Waals surface area (Å²) in [5.74, 6) is 0. The van der Waals surface area contributed by atoms with Gasteiger partial charge in [0, 0.05) is 0 Å². The van der Waals surface area contributed by atoms with Gasteiger partial charge in [-0.3, -0.25) is 4.79 Å².